The molecule has 1 aliphatic heterocycles. The molecule has 2 rings (SSSR count). The molecule has 28 heavy (non-hydrogen) atoms. The van der Waals surface area contributed by atoms with Gasteiger partial charge in [0.15, 0.2) is 5.78 Å². The van der Waals surface area contributed by atoms with E-state index >= 15 is 0 Å². The maximum absolute atomic E-state index is 13.2. The molecule has 0 saturated heterocycles. The Kier molecular flexibility index (Phi) is 8.13. The average Bonchev–Trinajstić information content (AvgIpc) is 2.83. The Labute approximate surface area is 168 Å². The van der Waals surface area contributed by atoms with Gasteiger partial charge in [-0.2, -0.15) is 4.31 Å². The van der Waals surface area contributed by atoms with Crippen molar-refractivity contribution in [2.75, 3.05) is 6.54 Å². The van der Waals surface area contributed by atoms with Gasteiger partial charge in [0.2, 0.25) is 10.0 Å². The highest BCUT2D eigenvalue weighted by Gasteiger charge is 2.42. The van der Waals surface area contributed by atoms with Crippen LogP contribution >= 0.6 is 0 Å². The number of rotatable bonds is 11. The molecule has 1 aromatic rings. The second-order valence-electron chi connectivity index (χ2n) is 7.55. The smallest absolute Gasteiger partial charge is 0.243 e. The van der Waals surface area contributed by atoms with Crippen LogP contribution in [0.15, 0.2) is 29.2 Å². The SMILES string of the molecule is CCCCCCCCN1[C@@H](CC(C)=O)c2ccc(/C=C/C(C)=O)cc2S1(=O)=O. The van der Waals surface area contributed by atoms with Crippen molar-refractivity contribution in [3.63, 3.8) is 0 Å². The highest BCUT2D eigenvalue weighted by Crippen LogP contribution is 2.42. The zero-order valence-electron chi connectivity index (χ0n) is 17.1. The van der Waals surface area contributed by atoms with Crippen LogP contribution in [-0.4, -0.2) is 30.8 Å². The van der Waals surface area contributed by atoms with Crippen molar-refractivity contribution >= 4 is 27.7 Å². The number of hydrogen-bond acceptors (Lipinski definition) is 4. The molecule has 0 aliphatic carbocycles. The van der Waals surface area contributed by atoms with E-state index in [1.54, 1.807) is 24.3 Å². The summed E-state index contributed by atoms with van der Waals surface area (Å²) in [6, 6.07) is 4.76. The van der Waals surface area contributed by atoms with Crippen LogP contribution in [-0.2, 0) is 19.6 Å². The molecule has 0 fully saturated rings. The number of benzene rings is 1. The van der Waals surface area contributed by atoms with Crippen LogP contribution in [0.5, 0.6) is 0 Å². The fraction of sp³-hybridized carbons (Fsp3) is 0.545. The van der Waals surface area contributed by atoms with Crippen LogP contribution in [0, 0.1) is 0 Å². The molecule has 0 radical (unpaired) electrons. The third-order valence-corrected chi connectivity index (χ3v) is 7.02. The number of Topliss-reactive ketones (excluding diaryl/α,β-unsaturated/α-hetero) is 1. The van der Waals surface area contributed by atoms with Gasteiger partial charge in [-0.3, -0.25) is 9.59 Å². The Bertz CT molecular complexity index is 842. The van der Waals surface area contributed by atoms with Gasteiger partial charge >= 0.3 is 0 Å². The zero-order valence-corrected chi connectivity index (χ0v) is 17.9. The maximum atomic E-state index is 13.2. The summed E-state index contributed by atoms with van der Waals surface area (Å²) in [5.74, 6) is -0.121. The predicted octanol–water partition coefficient (Wildman–Crippen LogP) is 4.67. The maximum Gasteiger partial charge on any atom is 0.243 e. The lowest BCUT2D eigenvalue weighted by Gasteiger charge is -2.22. The standard InChI is InChI=1S/C22H31NO4S/c1-4-5-6-7-8-9-14-23-21(15-18(3)25)20-13-12-19(11-10-17(2)24)16-22(20)28(23,26)27/h10-13,16,21H,4-9,14-15H2,1-3H3/b11-10+/t21-/m0/s1. The Balaban J connectivity index is 2.24. The van der Waals surface area contributed by atoms with Crippen LogP contribution in [0.25, 0.3) is 6.08 Å². The molecule has 0 N–H and O–H groups in total. The summed E-state index contributed by atoms with van der Waals surface area (Å²) in [6.45, 7) is 5.54. The van der Waals surface area contributed by atoms with E-state index in [4.69, 9.17) is 0 Å². The minimum absolute atomic E-state index is 0.0263. The van der Waals surface area contributed by atoms with Gasteiger partial charge < -0.3 is 0 Å². The van der Waals surface area contributed by atoms with Gasteiger partial charge in [0, 0.05) is 13.0 Å². The van der Waals surface area contributed by atoms with E-state index < -0.39 is 16.1 Å². The lowest BCUT2D eigenvalue weighted by atomic mass is 9.99. The summed E-state index contributed by atoms with van der Waals surface area (Å²) < 4.78 is 27.8. The molecule has 0 aromatic heterocycles. The van der Waals surface area contributed by atoms with E-state index in [0.717, 1.165) is 19.3 Å². The van der Waals surface area contributed by atoms with Crippen LogP contribution in [0.1, 0.15) is 82.9 Å². The molecule has 0 unspecified atom stereocenters. The van der Waals surface area contributed by atoms with Crippen molar-refractivity contribution in [3.8, 4) is 0 Å². The first kappa shape index (κ1) is 22.5. The van der Waals surface area contributed by atoms with E-state index in [9.17, 15) is 18.0 Å². The Morgan fingerprint density at radius 3 is 2.39 bits per heavy atom. The van der Waals surface area contributed by atoms with E-state index in [1.165, 1.54) is 43.5 Å². The number of ketones is 2. The number of nitrogens with zero attached hydrogens (tertiary/aromatic N) is 1. The van der Waals surface area contributed by atoms with Gasteiger partial charge in [-0.1, -0.05) is 57.2 Å². The molecular weight excluding hydrogens is 374 g/mol. The van der Waals surface area contributed by atoms with Gasteiger partial charge in [-0.15, -0.1) is 0 Å². The molecule has 0 bridgehead atoms. The summed E-state index contributed by atoms with van der Waals surface area (Å²) in [5, 5.41) is 0. The van der Waals surface area contributed by atoms with Crippen LogP contribution in [0.2, 0.25) is 0 Å². The zero-order chi connectivity index (χ0) is 20.7. The predicted molar refractivity (Wildman–Crippen MR) is 111 cm³/mol. The van der Waals surface area contributed by atoms with Crippen LogP contribution < -0.4 is 0 Å². The molecule has 1 atom stereocenters. The molecule has 0 saturated carbocycles. The molecule has 1 aromatic carbocycles. The van der Waals surface area contributed by atoms with Crippen molar-refractivity contribution in [2.24, 2.45) is 0 Å². The average molecular weight is 406 g/mol. The summed E-state index contributed by atoms with van der Waals surface area (Å²) in [5.41, 5.74) is 1.35. The molecular formula is C22H31NO4S. The Morgan fingerprint density at radius 1 is 1.07 bits per heavy atom. The Morgan fingerprint density at radius 2 is 1.75 bits per heavy atom. The molecule has 5 nitrogen and oxygen atoms in total. The van der Waals surface area contributed by atoms with Gasteiger partial charge in [-0.25, -0.2) is 8.42 Å². The third kappa shape index (κ3) is 5.61. The lowest BCUT2D eigenvalue weighted by molar-refractivity contribution is -0.118. The highest BCUT2D eigenvalue weighted by molar-refractivity contribution is 7.89. The first-order valence-electron chi connectivity index (χ1n) is 10.1. The molecule has 0 spiro atoms. The van der Waals surface area contributed by atoms with E-state index in [-0.39, 0.29) is 22.9 Å². The number of fused-ring (bicyclic) bond motifs is 1. The molecule has 0 amide bonds. The minimum Gasteiger partial charge on any atom is -0.300 e. The van der Waals surface area contributed by atoms with Gasteiger partial charge in [0.05, 0.1) is 10.9 Å². The number of sulfonamides is 1. The van der Waals surface area contributed by atoms with Gasteiger partial charge in [0.1, 0.15) is 5.78 Å². The largest absolute Gasteiger partial charge is 0.300 e. The second-order valence-corrected chi connectivity index (χ2v) is 9.41. The van der Waals surface area contributed by atoms with Crippen molar-refractivity contribution in [2.45, 2.75) is 76.7 Å². The van der Waals surface area contributed by atoms with Gasteiger partial charge in [-0.05, 0) is 43.5 Å². The van der Waals surface area contributed by atoms with Crippen molar-refractivity contribution in [1.82, 2.24) is 4.31 Å². The number of hydrogen-bond donors (Lipinski definition) is 0. The van der Waals surface area contributed by atoms with Crippen molar-refractivity contribution in [1.29, 1.82) is 0 Å². The topological polar surface area (TPSA) is 71.5 Å². The third-order valence-electron chi connectivity index (χ3n) is 5.05. The monoisotopic (exact) mass is 405 g/mol. The van der Waals surface area contributed by atoms with Crippen LogP contribution in [0.3, 0.4) is 0 Å². The fourth-order valence-corrected chi connectivity index (χ4v) is 5.56. The number of carbonyl (C=O) groups is 2. The van der Waals surface area contributed by atoms with Crippen molar-refractivity contribution in [3.05, 3.63) is 35.4 Å². The molecule has 1 aliphatic rings. The van der Waals surface area contributed by atoms with Crippen LogP contribution in [0.4, 0.5) is 0 Å². The first-order chi connectivity index (χ1) is 13.3. The fourth-order valence-electron chi connectivity index (χ4n) is 3.62. The molecule has 1 heterocycles. The lowest BCUT2D eigenvalue weighted by Crippen LogP contribution is -2.30. The summed E-state index contributed by atoms with van der Waals surface area (Å²) in [7, 11) is -3.64. The number of allylic oxidation sites excluding steroid dienone is 1. The summed E-state index contributed by atoms with van der Waals surface area (Å²) in [4.78, 5) is 23.2. The summed E-state index contributed by atoms with van der Waals surface area (Å²) in [6.07, 6.45) is 9.67. The number of unbranched alkanes of at least 4 members (excludes halogenated alkanes) is 5. The molecule has 154 valence electrons. The van der Waals surface area contributed by atoms with E-state index in [2.05, 4.69) is 6.92 Å². The molecule has 6 heteroatoms. The second kappa shape index (κ2) is 10.1. The number of carbonyl (C=O) groups excluding carboxylic acids is 2. The first-order valence-corrected chi connectivity index (χ1v) is 11.5. The quantitative estimate of drug-likeness (QED) is 0.396. The van der Waals surface area contributed by atoms with Crippen molar-refractivity contribution < 1.29 is 18.0 Å². The Hall–Kier alpha value is -1.79. The van der Waals surface area contributed by atoms with E-state index in [0.29, 0.717) is 17.7 Å². The highest BCUT2D eigenvalue weighted by atomic mass is 32.2. The minimum atomic E-state index is -3.64. The normalized spacial score (nSPS) is 18.5. The van der Waals surface area contributed by atoms with E-state index in [1.807, 2.05) is 0 Å². The summed E-state index contributed by atoms with van der Waals surface area (Å²) >= 11 is 0. The van der Waals surface area contributed by atoms with Gasteiger partial charge in [0.25, 0.3) is 0 Å².